The number of carbonyl (C=O) groups excluding carboxylic acids is 1. The van der Waals surface area contributed by atoms with Crippen molar-refractivity contribution in [2.75, 3.05) is 7.05 Å². The maximum absolute atomic E-state index is 12.7. The van der Waals surface area contributed by atoms with Gasteiger partial charge in [0.05, 0.1) is 0 Å². The zero-order valence-corrected chi connectivity index (χ0v) is 21.0. The smallest absolute Gasteiger partial charge is 0.306 e. The number of phenols is 1. The molecule has 2 rings (SSSR count). The number of hydrogen-bond donors (Lipinski definition) is 1. The predicted molar refractivity (Wildman–Crippen MR) is 129 cm³/mol. The van der Waals surface area contributed by atoms with Crippen LogP contribution in [0.4, 0.5) is 0 Å². The lowest BCUT2D eigenvalue weighted by Gasteiger charge is -2.53. The largest absolute Gasteiger partial charge is 0.507 e. The Morgan fingerprint density at radius 1 is 1.00 bits per heavy atom. The van der Waals surface area contributed by atoms with Gasteiger partial charge < -0.3 is 9.84 Å². The average molecular weight is 432 g/mol. The first-order chi connectivity index (χ1) is 14.5. The van der Waals surface area contributed by atoms with Crippen molar-refractivity contribution in [1.82, 2.24) is 4.90 Å². The molecule has 0 atom stereocenters. The number of ether oxygens (including phenoxy) is 1. The van der Waals surface area contributed by atoms with Crippen LogP contribution in [0.15, 0.2) is 12.1 Å². The molecule has 1 aliphatic rings. The van der Waals surface area contributed by atoms with E-state index < -0.39 is 0 Å². The van der Waals surface area contributed by atoms with Crippen molar-refractivity contribution in [1.29, 1.82) is 0 Å². The maximum Gasteiger partial charge on any atom is 0.306 e. The lowest BCUT2D eigenvalue weighted by molar-refractivity contribution is -0.158. The van der Waals surface area contributed by atoms with Crippen LogP contribution in [0.25, 0.3) is 0 Å². The molecule has 0 aliphatic carbocycles. The molecule has 1 aliphatic heterocycles. The second-order valence-electron chi connectivity index (χ2n) is 10.7. The molecule has 0 bridgehead atoms. The van der Waals surface area contributed by atoms with Crippen LogP contribution in [-0.4, -0.2) is 40.2 Å². The molecule has 0 aromatic heterocycles. The van der Waals surface area contributed by atoms with Crippen LogP contribution in [0, 0.1) is 0 Å². The minimum absolute atomic E-state index is 0.00596. The normalized spacial score (nSPS) is 18.8. The zero-order valence-electron chi connectivity index (χ0n) is 21.0. The number of carbonyl (C=O) groups is 1. The molecule has 31 heavy (non-hydrogen) atoms. The lowest BCUT2D eigenvalue weighted by atomic mass is 9.79. The summed E-state index contributed by atoms with van der Waals surface area (Å²) in [7, 11) is 2.16. The highest BCUT2D eigenvalue weighted by Crippen LogP contribution is 2.38. The molecular weight excluding hydrogens is 386 g/mol. The monoisotopic (exact) mass is 431 g/mol. The molecule has 176 valence electrons. The molecule has 1 aromatic carbocycles. The van der Waals surface area contributed by atoms with E-state index in [0.29, 0.717) is 18.6 Å². The Bertz CT molecular complexity index is 691. The highest BCUT2D eigenvalue weighted by atomic mass is 16.5. The average Bonchev–Trinajstić information content (AvgIpc) is 2.68. The molecule has 1 saturated heterocycles. The second kappa shape index (κ2) is 10.8. The number of aryl methyl sites for hydroxylation is 3. The van der Waals surface area contributed by atoms with Gasteiger partial charge in [-0.1, -0.05) is 38.8 Å². The number of likely N-dealkylation sites (tertiary alicyclic amines) is 1. The van der Waals surface area contributed by atoms with Gasteiger partial charge in [0, 0.05) is 30.3 Å². The van der Waals surface area contributed by atoms with Crippen molar-refractivity contribution < 1.29 is 14.6 Å². The number of nitrogens with zero attached hydrogens (tertiary/aromatic N) is 1. The summed E-state index contributed by atoms with van der Waals surface area (Å²) < 4.78 is 5.93. The molecular formula is C27H45NO3. The van der Waals surface area contributed by atoms with E-state index in [4.69, 9.17) is 4.74 Å². The first kappa shape index (κ1) is 25.7. The number of esters is 1. The van der Waals surface area contributed by atoms with Crippen molar-refractivity contribution in [3.8, 4) is 5.75 Å². The van der Waals surface area contributed by atoms with Gasteiger partial charge in [0.25, 0.3) is 0 Å². The van der Waals surface area contributed by atoms with Gasteiger partial charge in [-0.2, -0.15) is 0 Å². The topological polar surface area (TPSA) is 49.8 Å². The number of rotatable bonds is 10. The third-order valence-electron chi connectivity index (χ3n) is 7.11. The lowest BCUT2D eigenvalue weighted by Crippen LogP contribution is -2.60. The molecule has 4 heteroatoms. The second-order valence-corrected chi connectivity index (χ2v) is 10.7. The van der Waals surface area contributed by atoms with E-state index in [9.17, 15) is 9.90 Å². The van der Waals surface area contributed by atoms with E-state index in [-0.39, 0.29) is 23.2 Å². The van der Waals surface area contributed by atoms with E-state index >= 15 is 0 Å². The summed E-state index contributed by atoms with van der Waals surface area (Å²) in [5, 5.41) is 10.7. The van der Waals surface area contributed by atoms with Gasteiger partial charge >= 0.3 is 5.97 Å². The molecule has 1 aromatic rings. The summed E-state index contributed by atoms with van der Waals surface area (Å²) in [4.78, 5) is 15.1. The van der Waals surface area contributed by atoms with Gasteiger partial charge in [-0.05, 0) is 83.5 Å². The number of phenolic OH excluding ortho intramolecular Hbond substituents is 1. The van der Waals surface area contributed by atoms with Crippen LogP contribution in [-0.2, 0) is 28.8 Å². The Labute approximate surface area is 190 Å². The third kappa shape index (κ3) is 6.97. The van der Waals surface area contributed by atoms with Gasteiger partial charge in [0.1, 0.15) is 11.9 Å². The summed E-state index contributed by atoms with van der Waals surface area (Å²) in [6.07, 6.45) is 8.85. The Morgan fingerprint density at radius 3 is 1.94 bits per heavy atom. The molecule has 0 unspecified atom stereocenters. The van der Waals surface area contributed by atoms with E-state index in [2.05, 4.69) is 65.6 Å². The standard InChI is InChI=1S/C27H45NO3/c1-8-10-12-21-16-20(17-22(25(21)30)13-11-9-2)14-15-24(29)31-23-18-26(3,4)28(7)27(5,6)19-23/h16-17,23,30H,8-15,18-19H2,1-7H3. The first-order valence-electron chi connectivity index (χ1n) is 12.3. The molecule has 0 saturated carbocycles. The summed E-state index contributed by atoms with van der Waals surface area (Å²) in [5.74, 6) is 0.350. The Balaban J connectivity index is 2.03. The molecule has 1 fully saturated rings. The Morgan fingerprint density at radius 2 is 1.48 bits per heavy atom. The minimum atomic E-state index is -0.112. The Kier molecular flexibility index (Phi) is 9.00. The van der Waals surface area contributed by atoms with Crippen LogP contribution in [0.2, 0.25) is 0 Å². The fraction of sp³-hybridized carbons (Fsp3) is 0.741. The number of hydrogen-bond acceptors (Lipinski definition) is 4. The SMILES string of the molecule is CCCCc1cc(CCC(=O)OC2CC(C)(C)N(C)C(C)(C)C2)cc(CCCC)c1O. The summed E-state index contributed by atoms with van der Waals surface area (Å²) >= 11 is 0. The van der Waals surface area contributed by atoms with Gasteiger partial charge in [-0.25, -0.2) is 0 Å². The van der Waals surface area contributed by atoms with Crippen LogP contribution in [0.5, 0.6) is 5.75 Å². The van der Waals surface area contributed by atoms with Gasteiger partial charge in [-0.3, -0.25) is 9.69 Å². The fourth-order valence-corrected chi connectivity index (χ4v) is 4.95. The zero-order chi connectivity index (χ0) is 23.2. The molecule has 0 spiro atoms. The van der Waals surface area contributed by atoms with Gasteiger partial charge in [0.15, 0.2) is 0 Å². The quantitative estimate of drug-likeness (QED) is 0.448. The summed E-state index contributed by atoms with van der Waals surface area (Å²) in [6.45, 7) is 13.2. The van der Waals surface area contributed by atoms with Crippen LogP contribution < -0.4 is 0 Å². The third-order valence-corrected chi connectivity index (χ3v) is 7.11. The van der Waals surface area contributed by atoms with Gasteiger partial charge in [-0.15, -0.1) is 0 Å². The van der Waals surface area contributed by atoms with Crippen molar-refractivity contribution in [3.05, 3.63) is 28.8 Å². The van der Waals surface area contributed by atoms with Crippen molar-refractivity contribution in [2.24, 2.45) is 0 Å². The molecule has 1 heterocycles. The first-order valence-corrected chi connectivity index (χ1v) is 12.3. The summed E-state index contributed by atoms with van der Waals surface area (Å²) in [6, 6.07) is 4.19. The van der Waals surface area contributed by atoms with E-state index in [1.807, 2.05) is 0 Å². The number of benzene rings is 1. The summed E-state index contributed by atoms with van der Waals surface area (Å²) in [5.41, 5.74) is 3.20. The highest BCUT2D eigenvalue weighted by molar-refractivity contribution is 5.70. The number of piperidine rings is 1. The van der Waals surface area contributed by atoms with Crippen LogP contribution in [0.1, 0.15) is 103 Å². The molecule has 0 amide bonds. The maximum atomic E-state index is 12.7. The van der Waals surface area contributed by atoms with Crippen molar-refractivity contribution in [2.45, 2.75) is 123 Å². The van der Waals surface area contributed by atoms with E-state index in [1.165, 1.54) is 0 Å². The molecule has 1 N–H and O–H groups in total. The van der Waals surface area contributed by atoms with Crippen molar-refractivity contribution >= 4 is 5.97 Å². The van der Waals surface area contributed by atoms with Crippen LogP contribution >= 0.6 is 0 Å². The predicted octanol–water partition coefficient (Wildman–Crippen LogP) is 6.20. The highest BCUT2D eigenvalue weighted by Gasteiger charge is 2.44. The molecule has 0 radical (unpaired) electrons. The van der Waals surface area contributed by atoms with Crippen molar-refractivity contribution in [3.63, 3.8) is 0 Å². The van der Waals surface area contributed by atoms with E-state index in [1.54, 1.807) is 0 Å². The van der Waals surface area contributed by atoms with E-state index in [0.717, 1.165) is 68.1 Å². The number of aromatic hydroxyl groups is 1. The molecule has 4 nitrogen and oxygen atoms in total. The van der Waals surface area contributed by atoms with Gasteiger partial charge in [0.2, 0.25) is 0 Å². The Hall–Kier alpha value is -1.55. The number of unbranched alkanes of at least 4 members (excludes halogenated alkanes) is 2. The fourth-order valence-electron chi connectivity index (χ4n) is 4.95. The van der Waals surface area contributed by atoms with Crippen LogP contribution in [0.3, 0.4) is 0 Å². The minimum Gasteiger partial charge on any atom is -0.507 e.